The molecule has 2 aromatic rings. The Balaban J connectivity index is 1.83. The van der Waals surface area contributed by atoms with Gasteiger partial charge in [-0.25, -0.2) is 5.43 Å². The smallest absolute Gasteiger partial charge is 0.161 e. The van der Waals surface area contributed by atoms with Crippen LogP contribution in [0.25, 0.3) is 0 Å². The molecule has 2 unspecified atom stereocenters. The molecule has 1 saturated heterocycles. The minimum absolute atomic E-state index is 0.166. The van der Waals surface area contributed by atoms with Gasteiger partial charge in [0.2, 0.25) is 0 Å². The van der Waals surface area contributed by atoms with Gasteiger partial charge >= 0.3 is 0 Å². The van der Waals surface area contributed by atoms with Gasteiger partial charge in [0.25, 0.3) is 0 Å². The van der Waals surface area contributed by atoms with E-state index in [2.05, 4.69) is 10.9 Å². The molecule has 0 aromatic heterocycles. The summed E-state index contributed by atoms with van der Waals surface area (Å²) in [6.07, 6.45) is -0.189. The van der Waals surface area contributed by atoms with Crippen molar-refractivity contribution in [3.05, 3.63) is 48.0 Å². The first-order chi connectivity index (χ1) is 11.2. The van der Waals surface area contributed by atoms with Crippen molar-refractivity contribution in [1.82, 2.24) is 10.9 Å². The van der Waals surface area contributed by atoms with E-state index in [1.807, 2.05) is 36.4 Å². The number of benzene rings is 2. The summed E-state index contributed by atoms with van der Waals surface area (Å²) in [7, 11) is 3.18. The molecule has 1 heterocycles. The lowest BCUT2D eigenvalue weighted by Gasteiger charge is -2.22. The average Bonchev–Trinajstić information content (AvgIpc) is 3.03. The van der Waals surface area contributed by atoms with Gasteiger partial charge in [-0.15, -0.1) is 0 Å². The predicted molar refractivity (Wildman–Crippen MR) is 85.9 cm³/mol. The lowest BCUT2D eigenvalue weighted by Crippen LogP contribution is -2.28. The van der Waals surface area contributed by atoms with Crippen LogP contribution in [0.5, 0.6) is 23.0 Å². The first-order valence-electron chi connectivity index (χ1n) is 7.38. The highest BCUT2D eigenvalue weighted by molar-refractivity contribution is 5.43. The molecule has 2 aromatic carbocycles. The highest BCUT2D eigenvalue weighted by Gasteiger charge is 2.32. The number of ether oxygens (including phenoxy) is 3. The van der Waals surface area contributed by atoms with Crippen molar-refractivity contribution in [2.24, 2.45) is 0 Å². The second-order valence-electron chi connectivity index (χ2n) is 5.23. The van der Waals surface area contributed by atoms with Crippen LogP contribution in [-0.4, -0.2) is 32.0 Å². The fraction of sp³-hybridized carbons (Fsp3) is 0.294. The summed E-state index contributed by atoms with van der Waals surface area (Å²) in [5, 5.41) is 10.2. The van der Waals surface area contributed by atoms with Gasteiger partial charge in [-0.1, -0.05) is 12.1 Å². The zero-order chi connectivity index (χ0) is 16.2. The van der Waals surface area contributed by atoms with E-state index < -0.39 is 0 Å². The third-order valence-corrected chi connectivity index (χ3v) is 3.85. The summed E-state index contributed by atoms with van der Waals surface area (Å²) >= 11 is 0. The molecule has 6 heteroatoms. The van der Waals surface area contributed by atoms with Crippen molar-refractivity contribution in [3.63, 3.8) is 0 Å². The number of methoxy groups -OCH3 is 2. The average molecular weight is 316 g/mol. The molecule has 1 aliphatic heterocycles. The Kier molecular flexibility index (Phi) is 4.55. The number of phenolic OH excluding ortho intramolecular Hbond substituents is 1. The van der Waals surface area contributed by atoms with Crippen LogP contribution in [0.4, 0.5) is 0 Å². The Morgan fingerprint density at radius 3 is 2.52 bits per heavy atom. The van der Waals surface area contributed by atoms with Crippen molar-refractivity contribution in [2.75, 3.05) is 20.8 Å². The molecule has 6 nitrogen and oxygen atoms in total. The van der Waals surface area contributed by atoms with E-state index in [4.69, 9.17) is 14.2 Å². The molecular formula is C17H20N2O4. The Morgan fingerprint density at radius 1 is 1.04 bits per heavy atom. The Morgan fingerprint density at radius 2 is 1.83 bits per heavy atom. The van der Waals surface area contributed by atoms with Crippen LogP contribution in [0.3, 0.4) is 0 Å². The summed E-state index contributed by atoms with van der Waals surface area (Å²) in [5.41, 5.74) is 6.96. The molecule has 2 atom stereocenters. The quantitative estimate of drug-likeness (QED) is 0.784. The Bertz CT molecular complexity index is 677. The summed E-state index contributed by atoms with van der Waals surface area (Å²) in [6, 6.07) is 12.6. The summed E-state index contributed by atoms with van der Waals surface area (Å²) < 4.78 is 16.5. The van der Waals surface area contributed by atoms with Crippen LogP contribution < -0.4 is 25.1 Å². The van der Waals surface area contributed by atoms with Crippen molar-refractivity contribution in [3.8, 4) is 23.0 Å². The first-order valence-corrected chi connectivity index (χ1v) is 7.38. The van der Waals surface area contributed by atoms with E-state index in [-0.39, 0.29) is 17.9 Å². The van der Waals surface area contributed by atoms with Gasteiger partial charge in [0.1, 0.15) is 17.6 Å². The van der Waals surface area contributed by atoms with Crippen molar-refractivity contribution < 1.29 is 19.3 Å². The highest BCUT2D eigenvalue weighted by Crippen LogP contribution is 2.34. The van der Waals surface area contributed by atoms with Gasteiger partial charge in [0.05, 0.1) is 20.3 Å². The third-order valence-electron chi connectivity index (χ3n) is 3.85. The molecule has 3 rings (SSSR count). The van der Waals surface area contributed by atoms with Crippen LogP contribution in [0, 0.1) is 0 Å². The number of hydrazine groups is 1. The van der Waals surface area contributed by atoms with Crippen LogP contribution in [-0.2, 0) is 0 Å². The molecule has 0 spiro atoms. The highest BCUT2D eigenvalue weighted by atomic mass is 16.5. The van der Waals surface area contributed by atoms with Gasteiger partial charge in [-0.05, 0) is 24.3 Å². The minimum atomic E-state index is -0.189. The fourth-order valence-corrected chi connectivity index (χ4v) is 2.66. The number of aromatic hydroxyl groups is 1. The zero-order valence-electron chi connectivity index (χ0n) is 13.1. The molecule has 0 aliphatic carbocycles. The Labute approximate surface area is 135 Å². The van der Waals surface area contributed by atoms with Crippen LogP contribution in [0.2, 0.25) is 0 Å². The number of nitrogens with one attached hydrogen (secondary N) is 2. The lowest BCUT2D eigenvalue weighted by atomic mass is 10.0. The molecule has 1 aliphatic rings. The van der Waals surface area contributed by atoms with E-state index in [1.54, 1.807) is 20.3 Å². The first kappa shape index (κ1) is 15.5. The third kappa shape index (κ3) is 3.18. The van der Waals surface area contributed by atoms with E-state index in [0.717, 1.165) is 5.56 Å². The standard InChI is InChI=1S/C17H20N2O4/c1-21-11-7-8-12(13(20)9-11)17-16(10-18-19-17)23-15-6-4-3-5-14(15)22-2/h3-9,16-20H,10H2,1-2H3. The van der Waals surface area contributed by atoms with Gasteiger partial charge in [-0.3, -0.25) is 5.43 Å². The molecule has 0 bridgehead atoms. The molecule has 0 radical (unpaired) electrons. The molecule has 3 N–H and O–H groups in total. The predicted octanol–water partition coefficient (Wildman–Crippen LogP) is 2.01. The molecule has 122 valence electrons. The van der Waals surface area contributed by atoms with E-state index in [9.17, 15) is 5.11 Å². The van der Waals surface area contributed by atoms with Gasteiger partial charge in [0, 0.05) is 18.2 Å². The number of rotatable bonds is 5. The van der Waals surface area contributed by atoms with Crippen LogP contribution >= 0.6 is 0 Å². The van der Waals surface area contributed by atoms with Crippen LogP contribution in [0.15, 0.2) is 42.5 Å². The number of para-hydroxylation sites is 2. The summed E-state index contributed by atoms with van der Waals surface area (Å²) in [4.78, 5) is 0. The van der Waals surface area contributed by atoms with Crippen molar-refractivity contribution in [1.29, 1.82) is 0 Å². The number of phenols is 1. The SMILES string of the molecule is COc1ccc(C2NNCC2Oc2ccccc2OC)c(O)c1. The van der Waals surface area contributed by atoms with E-state index in [0.29, 0.717) is 23.8 Å². The molecule has 0 saturated carbocycles. The molecule has 1 fully saturated rings. The maximum atomic E-state index is 10.2. The second-order valence-corrected chi connectivity index (χ2v) is 5.23. The number of hydrogen-bond acceptors (Lipinski definition) is 6. The summed E-state index contributed by atoms with van der Waals surface area (Å²) in [5.74, 6) is 2.12. The monoisotopic (exact) mass is 316 g/mol. The van der Waals surface area contributed by atoms with Crippen LogP contribution in [0.1, 0.15) is 11.6 Å². The molecular weight excluding hydrogens is 296 g/mol. The fourth-order valence-electron chi connectivity index (χ4n) is 2.66. The van der Waals surface area contributed by atoms with Crippen molar-refractivity contribution >= 4 is 0 Å². The van der Waals surface area contributed by atoms with Gasteiger partial charge in [0.15, 0.2) is 11.5 Å². The zero-order valence-corrected chi connectivity index (χ0v) is 13.1. The van der Waals surface area contributed by atoms with E-state index >= 15 is 0 Å². The summed E-state index contributed by atoms with van der Waals surface area (Å²) in [6.45, 7) is 0.605. The molecule has 23 heavy (non-hydrogen) atoms. The van der Waals surface area contributed by atoms with Gasteiger partial charge < -0.3 is 19.3 Å². The van der Waals surface area contributed by atoms with E-state index in [1.165, 1.54) is 0 Å². The maximum Gasteiger partial charge on any atom is 0.161 e. The normalized spacial score (nSPS) is 20.3. The second kappa shape index (κ2) is 6.76. The largest absolute Gasteiger partial charge is 0.507 e. The number of hydrogen-bond donors (Lipinski definition) is 3. The Hall–Kier alpha value is -2.44. The molecule has 0 amide bonds. The topological polar surface area (TPSA) is 72.0 Å². The van der Waals surface area contributed by atoms with Gasteiger partial charge in [-0.2, -0.15) is 0 Å². The minimum Gasteiger partial charge on any atom is -0.507 e. The maximum absolute atomic E-state index is 10.2. The lowest BCUT2D eigenvalue weighted by molar-refractivity contribution is 0.188. The van der Waals surface area contributed by atoms with Crippen molar-refractivity contribution in [2.45, 2.75) is 12.1 Å².